The molecule has 0 heterocycles. The third kappa shape index (κ3) is 1.95. The van der Waals surface area contributed by atoms with Crippen LogP contribution in [0.3, 0.4) is 0 Å². The average molecular weight is 334 g/mol. The molecule has 0 saturated heterocycles. The van der Waals surface area contributed by atoms with E-state index in [1.165, 1.54) is 54.0 Å². The van der Waals surface area contributed by atoms with Gasteiger partial charge in [0, 0.05) is 17.9 Å². The first-order valence-electron chi connectivity index (χ1n) is 9.42. The van der Waals surface area contributed by atoms with Gasteiger partial charge in [0.15, 0.2) is 0 Å². The lowest BCUT2D eigenvalue weighted by Crippen LogP contribution is -2.59. The second kappa shape index (κ2) is 5.11. The van der Waals surface area contributed by atoms with Gasteiger partial charge in [-0.05, 0) is 66.5 Å². The minimum atomic E-state index is -0.0899. The van der Waals surface area contributed by atoms with E-state index in [-0.39, 0.29) is 11.0 Å². The highest BCUT2D eigenvalue weighted by Gasteiger charge is 2.61. The Hall–Kier alpha value is -1.80. The van der Waals surface area contributed by atoms with E-state index in [4.69, 9.17) is 9.47 Å². The molecule has 130 valence electrons. The summed E-state index contributed by atoms with van der Waals surface area (Å²) in [6.45, 7) is 4.61. The lowest BCUT2D eigenvalue weighted by Gasteiger charge is -2.63. The number of hydrogen-bond acceptors (Lipinski definition) is 2. The number of rotatable bonds is 3. The number of hydrogen-bond donors (Lipinski definition) is 0. The van der Waals surface area contributed by atoms with Crippen molar-refractivity contribution in [3.05, 3.63) is 54.1 Å². The number of benzene rings is 2. The summed E-state index contributed by atoms with van der Waals surface area (Å²) in [6, 6.07) is 13.2. The molecule has 0 spiro atoms. The summed E-state index contributed by atoms with van der Waals surface area (Å²) in [6.07, 6.45) is 6.19. The quantitative estimate of drug-likeness (QED) is 0.714. The van der Waals surface area contributed by atoms with Crippen LogP contribution < -0.4 is 4.74 Å². The molecule has 4 aliphatic carbocycles. The van der Waals surface area contributed by atoms with Crippen molar-refractivity contribution >= 4 is 10.8 Å². The summed E-state index contributed by atoms with van der Waals surface area (Å²) in [5.41, 5.74) is 2.76. The lowest BCUT2D eigenvalue weighted by atomic mass is 9.44. The molecule has 2 aromatic rings. The van der Waals surface area contributed by atoms with Crippen LogP contribution in [0.15, 0.2) is 48.6 Å². The largest absolute Gasteiger partial charge is 0.496 e. The van der Waals surface area contributed by atoms with Crippen LogP contribution in [0.2, 0.25) is 0 Å². The maximum absolute atomic E-state index is 6.11. The third-order valence-electron chi connectivity index (χ3n) is 7.31. The van der Waals surface area contributed by atoms with Gasteiger partial charge in [0.05, 0.1) is 12.7 Å². The molecule has 6 rings (SSSR count). The van der Waals surface area contributed by atoms with Crippen LogP contribution >= 0.6 is 0 Å². The molecule has 0 radical (unpaired) electrons. The van der Waals surface area contributed by atoms with Gasteiger partial charge in [-0.3, -0.25) is 0 Å². The van der Waals surface area contributed by atoms with Gasteiger partial charge in [0.1, 0.15) is 5.75 Å². The van der Waals surface area contributed by atoms with E-state index in [9.17, 15) is 0 Å². The Morgan fingerprint density at radius 1 is 1.00 bits per heavy atom. The molecule has 2 atom stereocenters. The highest BCUT2D eigenvalue weighted by molar-refractivity contribution is 5.89. The zero-order valence-corrected chi connectivity index (χ0v) is 15.2. The molecular weight excluding hydrogens is 308 g/mol. The van der Waals surface area contributed by atoms with Crippen molar-refractivity contribution < 1.29 is 9.47 Å². The zero-order chi connectivity index (χ0) is 17.2. The lowest BCUT2D eigenvalue weighted by molar-refractivity contribution is -0.109. The highest BCUT2D eigenvalue weighted by atomic mass is 16.5. The van der Waals surface area contributed by atoms with Gasteiger partial charge in [-0.25, -0.2) is 0 Å². The van der Waals surface area contributed by atoms with Crippen molar-refractivity contribution in [2.45, 2.75) is 43.1 Å². The molecule has 4 fully saturated rings. The van der Waals surface area contributed by atoms with E-state index in [1.54, 1.807) is 7.11 Å². The van der Waals surface area contributed by atoms with Gasteiger partial charge in [-0.15, -0.1) is 0 Å². The summed E-state index contributed by atoms with van der Waals surface area (Å²) in [4.78, 5) is 0. The third-order valence-corrected chi connectivity index (χ3v) is 7.31. The van der Waals surface area contributed by atoms with Crippen LogP contribution in [-0.4, -0.2) is 19.8 Å². The monoisotopic (exact) mass is 334 g/mol. The Morgan fingerprint density at radius 3 is 2.44 bits per heavy atom. The van der Waals surface area contributed by atoms with Crippen molar-refractivity contribution in [3.63, 3.8) is 0 Å². The van der Waals surface area contributed by atoms with E-state index >= 15 is 0 Å². The Labute approximate surface area is 149 Å². The second-order valence-electron chi connectivity index (χ2n) is 8.44. The van der Waals surface area contributed by atoms with Crippen molar-refractivity contribution in [1.29, 1.82) is 0 Å². The predicted octanol–water partition coefficient (Wildman–Crippen LogP) is 5.25. The summed E-state index contributed by atoms with van der Waals surface area (Å²) >= 11 is 0. The average Bonchev–Trinajstić information content (AvgIpc) is 2.64. The fourth-order valence-corrected chi connectivity index (χ4v) is 6.39. The van der Waals surface area contributed by atoms with E-state index in [0.717, 1.165) is 17.6 Å². The fraction of sp³-hybridized carbons (Fsp3) is 0.478. The number of fused-ring (bicyclic) bond motifs is 1. The van der Waals surface area contributed by atoms with Crippen molar-refractivity contribution in [2.75, 3.05) is 14.2 Å². The van der Waals surface area contributed by atoms with E-state index in [2.05, 4.69) is 36.9 Å². The molecule has 2 unspecified atom stereocenters. The summed E-state index contributed by atoms with van der Waals surface area (Å²) in [5.74, 6) is 2.50. The van der Waals surface area contributed by atoms with Gasteiger partial charge < -0.3 is 9.47 Å². The van der Waals surface area contributed by atoms with Gasteiger partial charge in [0.25, 0.3) is 0 Å². The minimum absolute atomic E-state index is 0.0899. The normalized spacial score (nSPS) is 36.2. The smallest absolute Gasteiger partial charge is 0.126 e. The van der Waals surface area contributed by atoms with Crippen LogP contribution in [-0.2, 0) is 10.2 Å². The van der Waals surface area contributed by atoms with Gasteiger partial charge >= 0.3 is 0 Å². The molecule has 0 aromatic heterocycles. The molecule has 2 nitrogen and oxygen atoms in total. The SMILES string of the molecule is C=C1C2(OC)CC3CC(C2)CC1(c1ccc2c(OC)cccc2c1)C3. The molecule has 2 aromatic carbocycles. The molecule has 0 aliphatic heterocycles. The Bertz CT molecular complexity index is 852. The van der Waals surface area contributed by atoms with Gasteiger partial charge in [0.2, 0.25) is 0 Å². The molecule has 2 heteroatoms. The standard InChI is InChI=1S/C23H26O2/c1-15-22(11-16-9-17(12-22)14-23(15,13-16)25-3)19-7-8-20-18(10-19)5-4-6-21(20)24-2/h4-8,10,16-17H,1,9,11-14H2,2-3H3. The van der Waals surface area contributed by atoms with Crippen LogP contribution in [0.4, 0.5) is 0 Å². The molecule has 4 saturated carbocycles. The van der Waals surface area contributed by atoms with Gasteiger partial charge in [-0.2, -0.15) is 0 Å². The number of ether oxygens (including phenoxy) is 2. The zero-order valence-electron chi connectivity index (χ0n) is 15.2. The van der Waals surface area contributed by atoms with Crippen molar-refractivity contribution in [2.24, 2.45) is 11.8 Å². The summed E-state index contributed by atoms with van der Waals surface area (Å²) in [5, 5.41) is 2.44. The summed E-state index contributed by atoms with van der Waals surface area (Å²) < 4.78 is 11.6. The highest BCUT2D eigenvalue weighted by Crippen LogP contribution is 2.65. The first-order valence-corrected chi connectivity index (χ1v) is 9.42. The Kier molecular flexibility index (Phi) is 3.16. The van der Waals surface area contributed by atoms with E-state index in [0.29, 0.717) is 0 Å². The molecule has 4 aliphatic rings. The molecule has 4 bridgehead atoms. The maximum Gasteiger partial charge on any atom is 0.126 e. The minimum Gasteiger partial charge on any atom is -0.496 e. The maximum atomic E-state index is 6.11. The topological polar surface area (TPSA) is 18.5 Å². The Morgan fingerprint density at radius 2 is 1.76 bits per heavy atom. The van der Waals surface area contributed by atoms with Crippen LogP contribution in [0.5, 0.6) is 5.75 Å². The van der Waals surface area contributed by atoms with Crippen LogP contribution in [0.1, 0.15) is 37.7 Å². The first-order chi connectivity index (χ1) is 12.1. The number of methoxy groups -OCH3 is 2. The molecular formula is C23H26O2. The van der Waals surface area contributed by atoms with Crippen molar-refractivity contribution in [3.8, 4) is 5.75 Å². The molecule has 25 heavy (non-hydrogen) atoms. The summed E-state index contributed by atoms with van der Waals surface area (Å²) in [7, 11) is 3.63. The Balaban J connectivity index is 1.67. The van der Waals surface area contributed by atoms with Crippen LogP contribution in [0, 0.1) is 11.8 Å². The fourth-order valence-electron chi connectivity index (χ4n) is 6.39. The van der Waals surface area contributed by atoms with E-state index < -0.39 is 0 Å². The van der Waals surface area contributed by atoms with Gasteiger partial charge in [-0.1, -0.05) is 36.9 Å². The molecule has 0 amide bonds. The van der Waals surface area contributed by atoms with Crippen LogP contribution in [0.25, 0.3) is 10.8 Å². The molecule has 0 N–H and O–H groups in total. The van der Waals surface area contributed by atoms with Crippen molar-refractivity contribution in [1.82, 2.24) is 0 Å². The van der Waals surface area contributed by atoms with E-state index in [1.807, 2.05) is 13.2 Å². The second-order valence-corrected chi connectivity index (χ2v) is 8.44. The predicted molar refractivity (Wildman–Crippen MR) is 101 cm³/mol. The first kappa shape index (κ1) is 15.5.